The minimum Gasteiger partial charge on any atom is -0.388 e. The van der Waals surface area contributed by atoms with Crippen LogP contribution in [0.4, 0.5) is 0 Å². The molecule has 0 aromatic heterocycles. The Morgan fingerprint density at radius 2 is 1.94 bits per heavy atom. The van der Waals surface area contributed by atoms with Crippen molar-refractivity contribution in [3.05, 3.63) is 29.3 Å². The Balaban J connectivity index is 2.74. The number of rotatable bonds is 6. The molecule has 0 unspecified atom stereocenters. The van der Waals surface area contributed by atoms with E-state index in [9.17, 15) is 13.5 Å². The van der Waals surface area contributed by atoms with E-state index in [0.717, 1.165) is 0 Å². The first-order valence-electron chi connectivity index (χ1n) is 5.23. The van der Waals surface area contributed by atoms with Gasteiger partial charge < -0.3 is 5.11 Å². The van der Waals surface area contributed by atoms with Crippen LogP contribution >= 0.6 is 23.4 Å². The van der Waals surface area contributed by atoms with Gasteiger partial charge in [0, 0.05) is 17.3 Å². The van der Waals surface area contributed by atoms with Crippen molar-refractivity contribution in [1.82, 2.24) is 4.72 Å². The van der Waals surface area contributed by atoms with E-state index in [2.05, 4.69) is 4.72 Å². The Morgan fingerprint density at radius 3 is 2.44 bits per heavy atom. The summed E-state index contributed by atoms with van der Waals surface area (Å²) in [7, 11) is -3.61. The summed E-state index contributed by atoms with van der Waals surface area (Å²) in [6, 6.07) is 5.87. The van der Waals surface area contributed by atoms with Crippen molar-refractivity contribution in [2.75, 3.05) is 18.6 Å². The number of halogens is 1. The van der Waals surface area contributed by atoms with E-state index < -0.39 is 15.6 Å². The second kappa shape index (κ2) is 6.25. The van der Waals surface area contributed by atoms with Crippen molar-refractivity contribution in [3.63, 3.8) is 0 Å². The molecule has 18 heavy (non-hydrogen) atoms. The van der Waals surface area contributed by atoms with Gasteiger partial charge in [0.2, 0.25) is 10.0 Å². The molecule has 0 aliphatic rings. The molecule has 0 amide bonds. The minimum atomic E-state index is -3.61. The summed E-state index contributed by atoms with van der Waals surface area (Å²) in [5.74, 6) is 0.455. The van der Waals surface area contributed by atoms with E-state index >= 15 is 0 Å². The molecule has 4 nitrogen and oxygen atoms in total. The highest BCUT2D eigenvalue weighted by Crippen LogP contribution is 2.15. The monoisotopic (exact) mass is 309 g/mol. The van der Waals surface area contributed by atoms with Gasteiger partial charge in [-0.25, -0.2) is 13.1 Å². The summed E-state index contributed by atoms with van der Waals surface area (Å²) in [4.78, 5) is 0.131. The summed E-state index contributed by atoms with van der Waals surface area (Å²) >= 11 is 7.15. The zero-order valence-corrected chi connectivity index (χ0v) is 12.6. The van der Waals surface area contributed by atoms with Gasteiger partial charge in [-0.05, 0) is 37.4 Å². The largest absolute Gasteiger partial charge is 0.388 e. The SMILES string of the molecule is CSC[C@@](C)(O)CNS(=O)(=O)c1ccc(Cl)cc1. The molecule has 0 fully saturated rings. The van der Waals surface area contributed by atoms with Gasteiger partial charge in [-0.1, -0.05) is 11.6 Å². The van der Waals surface area contributed by atoms with E-state index in [1.807, 2.05) is 6.26 Å². The lowest BCUT2D eigenvalue weighted by atomic mass is 10.1. The number of thioether (sulfide) groups is 1. The molecule has 1 aromatic rings. The van der Waals surface area contributed by atoms with Crippen molar-refractivity contribution in [2.45, 2.75) is 17.4 Å². The molecular formula is C11H16ClNO3S2. The van der Waals surface area contributed by atoms with E-state index in [4.69, 9.17) is 11.6 Å². The Kier molecular flexibility index (Phi) is 5.48. The minimum absolute atomic E-state index is 0.0290. The lowest BCUT2D eigenvalue weighted by molar-refractivity contribution is 0.0908. The Labute approximate surface area is 117 Å². The third-order valence-electron chi connectivity index (χ3n) is 2.22. The van der Waals surface area contributed by atoms with Crippen molar-refractivity contribution in [1.29, 1.82) is 0 Å². The van der Waals surface area contributed by atoms with Crippen LogP contribution < -0.4 is 4.72 Å². The van der Waals surface area contributed by atoms with Gasteiger partial charge in [0.05, 0.1) is 10.5 Å². The van der Waals surface area contributed by atoms with Crippen LogP contribution in [0, 0.1) is 0 Å². The average Bonchev–Trinajstić information content (AvgIpc) is 2.27. The van der Waals surface area contributed by atoms with E-state index in [0.29, 0.717) is 10.8 Å². The molecule has 7 heteroatoms. The van der Waals surface area contributed by atoms with E-state index in [-0.39, 0.29) is 11.4 Å². The molecule has 1 atom stereocenters. The maximum atomic E-state index is 11.9. The van der Waals surface area contributed by atoms with Crippen LogP contribution in [0.25, 0.3) is 0 Å². The third-order valence-corrected chi connectivity index (χ3v) is 4.80. The highest BCUT2D eigenvalue weighted by molar-refractivity contribution is 7.98. The van der Waals surface area contributed by atoms with E-state index in [1.165, 1.54) is 36.0 Å². The maximum absolute atomic E-state index is 11.9. The second-order valence-corrected chi connectivity index (χ2v) is 7.28. The zero-order chi connectivity index (χ0) is 13.8. The van der Waals surface area contributed by atoms with E-state index in [1.54, 1.807) is 6.92 Å². The fourth-order valence-corrected chi connectivity index (χ4v) is 3.32. The van der Waals surface area contributed by atoms with Crippen LogP contribution in [0.5, 0.6) is 0 Å². The zero-order valence-electron chi connectivity index (χ0n) is 10.2. The lowest BCUT2D eigenvalue weighted by Gasteiger charge is -2.22. The quantitative estimate of drug-likeness (QED) is 0.840. The number of sulfonamides is 1. The molecule has 0 radical (unpaired) electrons. The number of nitrogens with one attached hydrogen (secondary N) is 1. The molecule has 0 aliphatic carbocycles. The summed E-state index contributed by atoms with van der Waals surface area (Å²) in [6.45, 7) is 1.56. The number of hydrogen-bond acceptors (Lipinski definition) is 4. The van der Waals surface area contributed by atoms with Gasteiger partial charge in [0.15, 0.2) is 0 Å². The van der Waals surface area contributed by atoms with Gasteiger partial charge in [-0.3, -0.25) is 0 Å². The third kappa shape index (κ3) is 4.78. The number of hydrogen-bond donors (Lipinski definition) is 2. The molecule has 0 heterocycles. The van der Waals surface area contributed by atoms with Crippen LogP contribution in [0.15, 0.2) is 29.2 Å². The van der Waals surface area contributed by atoms with Crippen LogP contribution in [-0.2, 0) is 10.0 Å². The van der Waals surface area contributed by atoms with Gasteiger partial charge in [0.1, 0.15) is 0 Å². The molecular weight excluding hydrogens is 294 g/mol. The van der Waals surface area contributed by atoms with Gasteiger partial charge in [-0.15, -0.1) is 0 Å². The van der Waals surface area contributed by atoms with Gasteiger partial charge in [-0.2, -0.15) is 11.8 Å². The summed E-state index contributed by atoms with van der Waals surface area (Å²) < 4.78 is 26.2. The van der Waals surface area contributed by atoms with Crippen molar-refractivity contribution in [3.8, 4) is 0 Å². The highest BCUT2D eigenvalue weighted by Gasteiger charge is 2.23. The fraction of sp³-hybridized carbons (Fsp3) is 0.455. The molecule has 1 aromatic carbocycles. The Bertz CT molecular complexity index is 486. The fourth-order valence-electron chi connectivity index (χ4n) is 1.31. The molecule has 0 spiro atoms. The normalized spacial score (nSPS) is 15.3. The molecule has 1 rings (SSSR count). The predicted molar refractivity (Wildman–Crippen MR) is 75.6 cm³/mol. The first-order chi connectivity index (χ1) is 8.27. The summed E-state index contributed by atoms with van der Waals surface area (Å²) in [5, 5.41) is 10.4. The molecule has 0 aliphatic heterocycles. The van der Waals surface area contributed by atoms with Gasteiger partial charge in [0.25, 0.3) is 0 Å². The number of aliphatic hydroxyl groups is 1. The first-order valence-corrected chi connectivity index (χ1v) is 8.49. The Hall–Kier alpha value is -0.270. The molecule has 2 N–H and O–H groups in total. The second-order valence-electron chi connectivity index (χ2n) is 4.21. The standard InChI is InChI=1S/C11H16ClNO3S2/c1-11(14,8-17-2)7-13-18(15,16)10-5-3-9(12)4-6-10/h3-6,13-14H,7-8H2,1-2H3/t11-/m0/s1. The van der Waals surface area contributed by atoms with Crippen LogP contribution in [0.3, 0.4) is 0 Å². The summed E-state index contributed by atoms with van der Waals surface area (Å²) in [6.07, 6.45) is 1.85. The molecule has 0 saturated carbocycles. The Morgan fingerprint density at radius 1 is 1.39 bits per heavy atom. The molecule has 102 valence electrons. The smallest absolute Gasteiger partial charge is 0.240 e. The van der Waals surface area contributed by atoms with Crippen molar-refractivity contribution in [2.24, 2.45) is 0 Å². The highest BCUT2D eigenvalue weighted by atomic mass is 35.5. The van der Waals surface area contributed by atoms with Crippen molar-refractivity contribution >= 4 is 33.4 Å². The molecule has 0 saturated heterocycles. The average molecular weight is 310 g/mol. The van der Waals surface area contributed by atoms with Crippen LogP contribution in [0.1, 0.15) is 6.92 Å². The summed E-state index contributed by atoms with van der Waals surface area (Å²) in [5.41, 5.74) is -1.07. The van der Waals surface area contributed by atoms with Gasteiger partial charge >= 0.3 is 0 Å². The first kappa shape index (κ1) is 15.8. The van der Waals surface area contributed by atoms with Crippen molar-refractivity contribution < 1.29 is 13.5 Å². The predicted octanol–water partition coefficient (Wildman–Crippen LogP) is 1.73. The lowest BCUT2D eigenvalue weighted by Crippen LogP contribution is -2.42. The molecule has 0 bridgehead atoms. The van der Waals surface area contributed by atoms with Crippen LogP contribution in [0.2, 0.25) is 5.02 Å². The van der Waals surface area contributed by atoms with Crippen LogP contribution in [-0.4, -0.2) is 37.7 Å². The number of benzene rings is 1. The maximum Gasteiger partial charge on any atom is 0.240 e. The topological polar surface area (TPSA) is 66.4 Å².